The van der Waals surface area contributed by atoms with E-state index in [2.05, 4.69) is 10.1 Å². The smallest absolute Gasteiger partial charge is 0.283 e. The van der Waals surface area contributed by atoms with E-state index < -0.39 is 5.91 Å². The Morgan fingerprint density at radius 3 is 2.61 bits per heavy atom. The van der Waals surface area contributed by atoms with Gasteiger partial charge in [0.05, 0.1) is 31.9 Å². The zero-order chi connectivity index (χ0) is 27.0. The number of ether oxygens (including phenoxy) is 2. The molecule has 2 aromatic rings. The van der Waals surface area contributed by atoms with Crippen LogP contribution in [0.15, 0.2) is 39.9 Å². The maximum absolute atomic E-state index is 13.0. The molecule has 1 saturated heterocycles. The molecule has 11 heteroatoms. The molecular formula is C27H30N6O4S. The van der Waals surface area contributed by atoms with Crippen LogP contribution in [0.2, 0.25) is 0 Å². The number of aliphatic imine (C=N–C) groups is 1. The fraction of sp³-hybridized carbons (Fsp3) is 0.370. The maximum Gasteiger partial charge on any atom is 0.283 e. The molecule has 198 valence electrons. The van der Waals surface area contributed by atoms with Crippen molar-refractivity contribution in [1.29, 1.82) is 5.41 Å². The average molecular weight is 535 g/mol. The topological polar surface area (TPSA) is 113 Å². The minimum atomic E-state index is -0.503. The summed E-state index contributed by atoms with van der Waals surface area (Å²) in [5, 5.41) is 15.4. The Kier molecular flexibility index (Phi) is 7.11. The molecule has 0 saturated carbocycles. The minimum absolute atomic E-state index is 0.0189. The van der Waals surface area contributed by atoms with Crippen LogP contribution in [0, 0.1) is 19.3 Å². The summed E-state index contributed by atoms with van der Waals surface area (Å²) in [5.74, 6) is 0.828. The van der Waals surface area contributed by atoms with Crippen LogP contribution in [-0.2, 0) is 9.59 Å². The molecule has 1 aromatic carbocycles. The molecule has 0 bridgehead atoms. The van der Waals surface area contributed by atoms with E-state index in [4.69, 9.17) is 14.9 Å². The second-order valence-corrected chi connectivity index (χ2v) is 10.4. The number of carbonyl (C=O) groups is 2. The van der Waals surface area contributed by atoms with E-state index in [1.807, 2.05) is 47.6 Å². The molecule has 0 unspecified atom stereocenters. The van der Waals surface area contributed by atoms with Crippen molar-refractivity contribution < 1.29 is 19.1 Å². The molecule has 3 aliphatic heterocycles. The van der Waals surface area contributed by atoms with Crippen LogP contribution in [0.4, 0.5) is 0 Å². The summed E-state index contributed by atoms with van der Waals surface area (Å²) in [5.41, 5.74) is 3.51. The lowest BCUT2D eigenvalue weighted by atomic mass is 10.1. The second kappa shape index (κ2) is 10.5. The summed E-state index contributed by atoms with van der Waals surface area (Å²) in [7, 11) is 3.23. The number of amidine groups is 2. The van der Waals surface area contributed by atoms with Crippen molar-refractivity contribution in [2.45, 2.75) is 39.5 Å². The second-order valence-electron chi connectivity index (χ2n) is 9.33. The molecular weight excluding hydrogens is 504 g/mol. The van der Waals surface area contributed by atoms with Gasteiger partial charge in [-0.2, -0.15) is 15.1 Å². The highest BCUT2D eigenvalue weighted by molar-refractivity contribution is 8.27. The molecule has 0 radical (unpaired) electrons. The van der Waals surface area contributed by atoms with E-state index in [1.54, 1.807) is 20.3 Å². The number of thioether (sulfide) groups is 1. The van der Waals surface area contributed by atoms with Gasteiger partial charge in [0, 0.05) is 30.5 Å². The standard InChI is InChI=1S/C27H30N6O4S/c1-16-12-18(17(2)32(16)21-14-19(36-3)8-9-22(21)37-4)13-20-25(28)33-27(29-26(20)35)38-23(30-33)15-24(34)31-10-6-5-7-11-31/h8-9,12-14,28H,5-7,10-11,15H2,1-4H3. The molecule has 0 aliphatic carbocycles. The first-order valence-electron chi connectivity index (χ1n) is 12.5. The Morgan fingerprint density at radius 1 is 1.13 bits per heavy atom. The van der Waals surface area contributed by atoms with E-state index in [-0.39, 0.29) is 23.7 Å². The normalized spacial score (nSPS) is 18.5. The summed E-state index contributed by atoms with van der Waals surface area (Å²) >= 11 is 1.18. The number of aryl methyl sites for hydroxylation is 1. The summed E-state index contributed by atoms with van der Waals surface area (Å²) in [6.45, 7) is 5.44. The first-order valence-corrected chi connectivity index (χ1v) is 13.3. The van der Waals surface area contributed by atoms with Gasteiger partial charge < -0.3 is 18.9 Å². The van der Waals surface area contributed by atoms with Crippen LogP contribution in [0.25, 0.3) is 11.8 Å². The van der Waals surface area contributed by atoms with E-state index in [0.29, 0.717) is 21.7 Å². The number of nitrogens with one attached hydrogen (secondary N) is 1. The number of piperidine rings is 1. The lowest BCUT2D eigenvalue weighted by molar-refractivity contribution is -0.130. The average Bonchev–Trinajstić information content (AvgIpc) is 3.45. The van der Waals surface area contributed by atoms with Gasteiger partial charge in [-0.1, -0.05) is 0 Å². The van der Waals surface area contributed by atoms with E-state index in [9.17, 15) is 9.59 Å². The number of likely N-dealkylation sites (tertiary alicyclic amines) is 1. The molecule has 1 aromatic heterocycles. The Bertz CT molecular complexity index is 1420. The number of amides is 2. The molecule has 0 atom stereocenters. The number of aromatic nitrogens is 1. The monoisotopic (exact) mass is 534 g/mol. The number of benzene rings is 1. The highest BCUT2D eigenvalue weighted by atomic mass is 32.2. The molecule has 0 spiro atoms. The van der Waals surface area contributed by atoms with Crippen LogP contribution >= 0.6 is 11.8 Å². The van der Waals surface area contributed by atoms with Crippen LogP contribution in [0.3, 0.4) is 0 Å². The third kappa shape index (κ3) is 4.73. The molecule has 2 amide bonds. The van der Waals surface area contributed by atoms with Gasteiger partial charge in [-0.25, -0.2) is 0 Å². The van der Waals surface area contributed by atoms with Crippen molar-refractivity contribution in [2.24, 2.45) is 10.1 Å². The van der Waals surface area contributed by atoms with Crippen molar-refractivity contribution >= 4 is 45.7 Å². The Labute approximate surface area is 225 Å². The van der Waals surface area contributed by atoms with Gasteiger partial charge in [-0.3, -0.25) is 15.0 Å². The Morgan fingerprint density at radius 2 is 1.89 bits per heavy atom. The lowest BCUT2D eigenvalue weighted by Gasteiger charge is -2.26. The molecule has 10 nitrogen and oxygen atoms in total. The number of hydrogen-bond donors (Lipinski definition) is 1. The fourth-order valence-electron chi connectivity index (χ4n) is 4.92. The van der Waals surface area contributed by atoms with Crippen molar-refractivity contribution in [2.75, 3.05) is 27.3 Å². The lowest BCUT2D eigenvalue weighted by Crippen LogP contribution is -2.36. The fourth-order valence-corrected chi connectivity index (χ4v) is 5.80. The maximum atomic E-state index is 13.0. The van der Waals surface area contributed by atoms with E-state index >= 15 is 0 Å². The first-order chi connectivity index (χ1) is 18.3. The number of fused-ring (bicyclic) bond motifs is 1. The van der Waals surface area contributed by atoms with Crippen molar-refractivity contribution in [3.05, 3.63) is 46.8 Å². The quantitative estimate of drug-likeness (QED) is 0.558. The molecule has 1 N–H and O–H groups in total. The molecule has 5 rings (SSSR count). The summed E-state index contributed by atoms with van der Waals surface area (Å²) < 4.78 is 13.0. The van der Waals surface area contributed by atoms with Crippen molar-refractivity contribution in [3.8, 4) is 17.2 Å². The number of methoxy groups -OCH3 is 2. The van der Waals surface area contributed by atoms with Crippen molar-refractivity contribution in [1.82, 2.24) is 14.5 Å². The van der Waals surface area contributed by atoms with Crippen LogP contribution in [-0.4, -0.2) is 69.6 Å². The molecule has 1 fully saturated rings. The van der Waals surface area contributed by atoms with Gasteiger partial charge in [0.15, 0.2) is 5.84 Å². The zero-order valence-electron chi connectivity index (χ0n) is 21.9. The Hall–Kier alpha value is -3.86. The van der Waals surface area contributed by atoms with Gasteiger partial charge in [0.1, 0.15) is 16.5 Å². The van der Waals surface area contributed by atoms with E-state index in [1.165, 1.54) is 16.8 Å². The molecule has 38 heavy (non-hydrogen) atoms. The van der Waals surface area contributed by atoms with Gasteiger partial charge >= 0.3 is 0 Å². The number of nitrogens with zero attached hydrogens (tertiary/aromatic N) is 5. The third-order valence-corrected chi connectivity index (χ3v) is 7.81. The number of carbonyl (C=O) groups excluding carboxylic acids is 2. The largest absolute Gasteiger partial charge is 0.497 e. The third-order valence-electron chi connectivity index (χ3n) is 6.90. The molecule has 3 aliphatic rings. The number of rotatable bonds is 6. The number of hydrazone groups is 1. The highest BCUT2D eigenvalue weighted by Crippen LogP contribution is 2.34. The summed E-state index contributed by atoms with van der Waals surface area (Å²) in [6.07, 6.45) is 5.00. The van der Waals surface area contributed by atoms with Gasteiger partial charge in [-0.15, -0.1) is 0 Å². The predicted octanol–water partition coefficient (Wildman–Crippen LogP) is 4.13. The van der Waals surface area contributed by atoms with Gasteiger partial charge in [-0.05, 0) is 74.7 Å². The van der Waals surface area contributed by atoms with Gasteiger partial charge in [0.25, 0.3) is 5.91 Å². The van der Waals surface area contributed by atoms with E-state index in [0.717, 1.165) is 55.0 Å². The summed E-state index contributed by atoms with van der Waals surface area (Å²) in [6, 6.07) is 7.52. The van der Waals surface area contributed by atoms with Crippen LogP contribution in [0.1, 0.15) is 42.6 Å². The van der Waals surface area contributed by atoms with Gasteiger partial charge in [0.2, 0.25) is 11.1 Å². The molecule has 4 heterocycles. The minimum Gasteiger partial charge on any atom is -0.497 e. The summed E-state index contributed by atoms with van der Waals surface area (Å²) in [4.78, 5) is 31.7. The highest BCUT2D eigenvalue weighted by Gasteiger charge is 2.36. The number of hydrogen-bond acceptors (Lipinski definition) is 7. The Balaban J connectivity index is 1.42. The SMILES string of the molecule is COc1ccc(OC)c(-n2c(C)cc(C=C3C(=N)N4N=C(CC(=O)N5CCCCC5)SC4=NC3=O)c2C)c1. The van der Waals surface area contributed by atoms with Crippen LogP contribution < -0.4 is 9.47 Å². The first kappa shape index (κ1) is 25.8. The zero-order valence-corrected chi connectivity index (χ0v) is 22.7. The van der Waals surface area contributed by atoms with Crippen LogP contribution in [0.5, 0.6) is 11.5 Å². The predicted molar refractivity (Wildman–Crippen MR) is 148 cm³/mol. The van der Waals surface area contributed by atoms with Crippen molar-refractivity contribution in [3.63, 3.8) is 0 Å².